The number of piperidine rings is 1. The first kappa shape index (κ1) is 18.9. The van der Waals surface area contributed by atoms with E-state index in [4.69, 9.17) is 20.4 Å². The lowest BCUT2D eigenvalue weighted by molar-refractivity contribution is 0.0974. The van der Waals surface area contributed by atoms with Crippen molar-refractivity contribution in [3.63, 3.8) is 0 Å². The van der Waals surface area contributed by atoms with Gasteiger partial charge in [-0.1, -0.05) is 0 Å². The highest BCUT2D eigenvalue weighted by Gasteiger charge is 2.47. The molecule has 31 heavy (non-hydrogen) atoms. The minimum atomic E-state index is 0.101. The van der Waals surface area contributed by atoms with Gasteiger partial charge in [-0.15, -0.1) is 0 Å². The lowest BCUT2D eigenvalue weighted by Gasteiger charge is -2.41. The van der Waals surface area contributed by atoms with E-state index in [2.05, 4.69) is 38.0 Å². The van der Waals surface area contributed by atoms with E-state index in [9.17, 15) is 0 Å². The van der Waals surface area contributed by atoms with E-state index in [1.165, 1.54) is 0 Å². The summed E-state index contributed by atoms with van der Waals surface area (Å²) in [5.74, 6) is 1.71. The van der Waals surface area contributed by atoms with Crippen LogP contribution >= 0.6 is 0 Å². The average Bonchev–Trinajstić information content (AvgIpc) is 3.36. The molecule has 0 saturated carbocycles. The Kier molecular flexibility index (Phi) is 4.36. The van der Waals surface area contributed by atoms with Gasteiger partial charge >= 0.3 is 0 Å². The van der Waals surface area contributed by atoms with Crippen molar-refractivity contribution in [1.82, 2.24) is 25.1 Å². The summed E-state index contributed by atoms with van der Waals surface area (Å²) in [4.78, 5) is 18.7. The molecule has 0 aromatic carbocycles. The van der Waals surface area contributed by atoms with Crippen molar-refractivity contribution in [2.24, 2.45) is 11.1 Å². The first-order valence-electron chi connectivity index (χ1n) is 11.2. The number of nitrogens with zero attached hydrogens (tertiary/aromatic N) is 6. The molecule has 0 amide bonds. The highest BCUT2D eigenvalue weighted by molar-refractivity contribution is 5.87. The van der Waals surface area contributed by atoms with E-state index in [0.29, 0.717) is 0 Å². The number of aromatic amines is 1. The summed E-state index contributed by atoms with van der Waals surface area (Å²) in [6.45, 7) is 5.57. The van der Waals surface area contributed by atoms with Crippen molar-refractivity contribution in [3.05, 3.63) is 30.2 Å². The Bertz CT molecular complexity index is 1110. The van der Waals surface area contributed by atoms with Crippen molar-refractivity contribution in [1.29, 1.82) is 0 Å². The van der Waals surface area contributed by atoms with Gasteiger partial charge in [0.1, 0.15) is 5.82 Å². The summed E-state index contributed by atoms with van der Waals surface area (Å²) in [7, 11) is 0. The highest BCUT2D eigenvalue weighted by atomic mass is 16.5. The number of anilines is 3. The number of fused-ring (bicyclic) bond motifs is 2. The highest BCUT2D eigenvalue weighted by Crippen LogP contribution is 2.42. The third-order valence-corrected chi connectivity index (χ3v) is 7.38. The van der Waals surface area contributed by atoms with Gasteiger partial charge in [-0.2, -0.15) is 5.10 Å². The second kappa shape index (κ2) is 7.13. The average molecular weight is 421 g/mol. The van der Waals surface area contributed by atoms with Crippen molar-refractivity contribution >= 4 is 28.5 Å². The van der Waals surface area contributed by atoms with Crippen LogP contribution in [0.25, 0.3) is 11.2 Å². The Morgan fingerprint density at radius 1 is 1.23 bits per heavy atom. The molecular formula is C22H28N8O. The number of rotatable bonds is 2. The molecule has 6 rings (SSSR count). The zero-order chi connectivity index (χ0) is 21.0. The smallest absolute Gasteiger partial charge is 0.183 e. The molecule has 6 heterocycles. The normalized spacial score (nSPS) is 25.4. The predicted molar refractivity (Wildman–Crippen MR) is 119 cm³/mol. The molecular weight excluding hydrogens is 392 g/mol. The quantitative estimate of drug-likeness (QED) is 0.649. The van der Waals surface area contributed by atoms with Gasteiger partial charge in [-0.25, -0.2) is 9.97 Å². The van der Waals surface area contributed by atoms with Crippen LogP contribution in [0.2, 0.25) is 0 Å². The zero-order valence-corrected chi connectivity index (χ0v) is 17.8. The number of hydrogen-bond donors (Lipinski definition) is 2. The summed E-state index contributed by atoms with van der Waals surface area (Å²) >= 11 is 0. The van der Waals surface area contributed by atoms with Crippen LogP contribution < -0.4 is 15.5 Å². The molecule has 1 spiro atoms. The largest absolute Gasteiger partial charge is 0.376 e. The standard InChI is InChI=1S/C22H28N8O/c1-14-19(23)22(13-31-14)6-10-29(11-7-22)17-12-25-18-20(26-17)27-28-21(18)30-9-3-4-15-16(30)5-2-8-24-15/h2,5,8,12,14,19H,3-4,6-7,9-11,13,23H2,1H3,(H,26,27,28)/t14-,19+/m0/s1. The maximum atomic E-state index is 6.46. The van der Waals surface area contributed by atoms with Crippen LogP contribution in [0.3, 0.4) is 0 Å². The number of H-pyrrole nitrogens is 1. The maximum Gasteiger partial charge on any atom is 0.183 e. The van der Waals surface area contributed by atoms with Crippen molar-refractivity contribution in [3.8, 4) is 0 Å². The molecule has 3 aromatic heterocycles. The molecule has 0 unspecified atom stereocenters. The Labute approximate surface area is 181 Å². The fourth-order valence-corrected chi connectivity index (χ4v) is 5.39. The third-order valence-electron chi connectivity index (χ3n) is 7.38. The van der Waals surface area contributed by atoms with E-state index in [0.717, 1.165) is 86.1 Å². The summed E-state index contributed by atoms with van der Waals surface area (Å²) in [6.07, 6.45) is 7.94. The van der Waals surface area contributed by atoms with Crippen LogP contribution in [-0.2, 0) is 11.2 Å². The molecule has 0 aliphatic carbocycles. The lowest BCUT2D eigenvalue weighted by Crippen LogP contribution is -2.50. The first-order valence-corrected chi connectivity index (χ1v) is 11.2. The molecule has 0 bridgehead atoms. The van der Waals surface area contributed by atoms with Crippen LogP contribution in [0.15, 0.2) is 24.5 Å². The number of pyridine rings is 1. The van der Waals surface area contributed by atoms with E-state index < -0.39 is 0 Å². The van der Waals surface area contributed by atoms with Crippen molar-refractivity contribution < 1.29 is 4.74 Å². The SMILES string of the molecule is C[C@@H]1OCC2(CCN(c3cnc4c(N5CCCc6ncccc65)n[nH]c4n3)CC2)[C@@H]1N. The number of hydrogen-bond acceptors (Lipinski definition) is 8. The number of nitrogens with two attached hydrogens (primary N) is 1. The van der Waals surface area contributed by atoms with Crippen LogP contribution in [0.1, 0.15) is 31.9 Å². The Morgan fingerprint density at radius 2 is 2.10 bits per heavy atom. The molecule has 3 N–H and O–H groups in total. The van der Waals surface area contributed by atoms with Gasteiger partial charge in [0.25, 0.3) is 0 Å². The molecule has 2 fully saturated rings. The molecule has 3 aromatic rings. The van der Waals surface area contributed by atoms with Gasteiger partial charge in [0.15, 0.2) is 17.0 Å². The van der Waals surface area contributed by atoms with E-state index in [-0.39, 0.29) is 17.6 Å². The van der Waals surface area contributed by atoms with Crippen molar-refractivity contribution in [2.75, 3.05) is 36.0 Å². The number of aromatic nitrogens is 5. The van der Waals surface area contributed by atoms with Crippen LogP contribution in [0.4, 0.5) is 17.3 Å². The molecule has 0 radical (unpaired) electrons. The van der Waals surface area contributed by atoms with Gasteiger partial charge in [-0.3, -0.25) is 10.1 Å². The molecule has 2 atom stereocenters. The van der Waals surface area contributed by atoms with E-state index >= 15 is 0 Å². The summed E-state index contributed by atoms with van der Waals surface area (Å²) in [5, 5.41) is 7.68. The maximum absolute atomic E-state index is 6.46. The second-order valence-electron chi connectivity index (χ2n) is 9.09. The van der Waals surface area contributed by atoms with E-state index in [1.54, 1.807) is 0 Å². The zero-order valence-electron chi connectivity index (χ0n) is 17.8. The minimum absolute atomic E-state index is 0.101. The third kappa shape index (κ3) is 2.98. The van der Waals surface area contributed by atoms with Crippen LogP contribution in [0, 0.1) is 5.41 Å². The Balaban J connectivity index is 1.25. The van der Waals surface area contributed by atoms with Gasteiger partial charge in [-0.05, 0) is 44.7 Å². The van der Waals surface area contributed by atoms with Gasteiger partial charge in [0.2, 0.25) is 0 Å². The number of aryl methyl sites for hydroxylation is 1. The minimum Gasteiger partial charge on any atom is -0.376 e. The Morgan fingerprint density at radius 3 is 2.90 bits per heavy atom. The van der Waals surface area contributed by atoms with E-state index in [1.807, 2.05) is 18.5 Å². The molecule has 9 nitrogen and oxygen atoms in total. The Hall–Kier alpha value is -2.78. The number of ether oxygens (including phenoxy) is 1. The summed E-state index contributed by atoms with van der Waals surface area (Å²) in [6, 6.07) is 4.19. The first-order chi connectivity index (χ1) is 15.1. The van der Waals surface area contributed by atoms with Gasteiger partial charge in [0.05, 0.1) is 30.3 Å². The molecule has 3 aliphatic heterocycles. The fourth-order valence-electron chi connectivity index (χ4n) is 5.39. The second-order valence-corrected chi connectivity index (χ2v) is 9.09. The van der Waals surface area contributed by atoms with Gasteiger partial charge in [0, 0.05) is 37.3 Å². The fraction of sp³-hybridized carbons (Fsp3) is 0.545. The summed E-state index contributed by atoms with van der Waals surface area (Å²) < 4.78 is 5.85. The van der Waals surface area contributed by atoms with Crippen LogP contribution in [-0.4, -0.2) is 63.5 Å². The molecule has 162 valence electrons. The molecule has 2 saturated heterocycles. The lowest BCUT2D eigenvalue weighted by atomic mass is 9.73. The number of nitrogens with one attached hydrogen (secondary N) is 1. The predicted octanol–water partition coefficient (Wildman–Crippen LogP) is 2.16. The topological polar surface area (TPSA) is 109 Å². The van der Waals surface area contributed by atoms with Crippen LogP contribution in [0.5, 0.6) is 0 Å². The molecule has 3 aliphatic rings. The van der Waals surface area contributed by atoms with Crippen molar-refractivity contribution in [2.45, 2.75) is 44.8 Å². The van der Waals surface area contributed by atoms with Gasteiger partial charge < -0.3 is 20.3 Å². The monoisotopic (exact) mass is 420 g/mol. The molecule has 9 heteroatoms. The summed E-state index contributed by atoms with van der Waals surface area (Å²) in [5.41, 5.74) is 10.3.